The highest BCUT2D eigenvalue weighted by atomic mass is 16.5. The topological polar surface area (TPSA) is 95.9 Å². The van der Waals surface area contributed by atoms with Gasteiger partial charge in [0.2, 0.25) is 5.91 Å². The van der Waals surface area contributed by atoms with E-state index in [4.69, 9.17) is 4.74 Å². The van der Waals surface area contributed by atoms with Gasteiger partial charge in [0.15, 0.2) is 0 Å². The molecule has 0 radical (unpaired) electrons. The van der Waals surface area contributed by atoms with E-state index in [0.717, 1.165) is 38.5 Å². The molecule has 6 heteroatoms. The lowest BCUT2D eigenvalue weighted by atomic mass is 10.0. The first-order chi connectivity index (χ1) is 32.0. The molecule has 0 spiro atoms. The Balaban J connectivity index is 3.34. The van der Waals surface area contributed by atoms with Crippen LogP contribution in [0.15, 0.2) is 12.2 Å². The van der Waals surface area contributed by atoms with Crippen LogP contribution in [-0.4, -0.2) is 47.4 Å². The molecule has 65 heavy (non-hydrogen) atoms. The Morgan fingerprint density at radius 3 is 1.09 bits per heavy atom. The fraction of sp³-hybridized carbons (Fsp3) is 0.932. The molecule has 1 amide bonds. The fourth-order valence-electron chi connectivity index (χ4n) is 9.28. The van der Waals surface area contributed by atoms with Crippen molar-refractivity contribution in [2.24, 2.45) is 0 Å². The van der Waals surface area contributed by atoms with Gasteiger partial charge in [-0.2, -0.15) is 0 Å². The van der Waals surface area contributed by atoms with Crippen LogP contribution in [0.5, 0.6) is 0 Å². The number of esters is 1. The molecule has 0 aliphatic heterocycles. The van der Waals surface area contributed by atoms with Crippen molar-refractivity contribution >= 4 is 11.9 Å². The van der Waals surface area contributed by atoms with E-state index in [0.29, 0.717) is 25.9 Å². The van der Waals surface area contributed by atoms with Crippen molar-refractivity contribution in [3.63, 3.8) is 0 Å². The van der Waals surface area contributed by atoms with Gasteiger partial charge in [0, 0.05) is 12.8 Å². The fourth-order valence-corrected chi connectivity index (χ4v) is 9.28. The van der Waals surface area contributed by atoms with Crippen LogP contribution in [0.25, 0.3) is 0 Å². The number of nitrogens with one attached hydrogen (secondary N) is 1. The predicted molar refractivity (Wildman–Crippen MR) is 283 cm³/mol. The number of hydrogen-bond acceptors (Lipinski definition) is 5. The lowest BCUT2D eigenvalue weighted by Crippen LogP contribution is -2.45. The lowest BCUT2D eigenvalue weighted by molar-refractivity contribution is -0.143. The van der Waals surface area contributed by atoms with E-state index in [1.807, 2.05) is 0 Å². The summed E-state index contributed by atoms with van der Waals surface area (Å²) in [5.41, 5.74) is 0. The van der Waals surface area contributed by atoms with Crippen LogP contribution in [0.2, 0.25) is 0 Å². The van der Waals surface area contributed by atoms with E-state index in [1.165, 1.54) is 257 Å². The number of aliphatic hydroxyl groups excluding tert-OH is 2. The minimum absolute atomic E-state index is 0.0157. The summed E-state index contributed by atoms with van der Waals surface area (Å²) in [6.45, 7) is 4.94. The Kier molecular flexibility index (Phi) is 54.0. The Morgan fingerprint density at radius 1 is 0.415 bits per heavy atom. The van der Waals surface area contributed by atoms with Gasteiger partial charge in [-0.05, 0) is 51.4 Å². The van der Waals surface area contributed by atoms with Gasteiger partial charge >= 0.3 is 5.97 Å². The molecule has 0 bridgehead atoms. The molecule has 0 fully saturated rings. The number of hydrogen-bond donors (Lipinski definition) is 3. The van der Waals surface area contributed by atoms with Crippen LogP contribution in [0.3, 0.4) is 0 Å². The number of rotatable bonds is 55. The number of aliphatic hydroxyl groups is 2. The molecule has 2 unspecified atom stereocenters. The van der Waals surface area contributed by atoms with Crippen molar-refractivity contribution in [3.8, 4) is 0 Å². The zero-order valence-corrected chi connectivity index (χ0v) is 44.0. The number of unbranched alkanes of at least 4 members (excludes halogenated alkanes) is 42. The molecule has 0 saturated carbocycles. The molecule has 0 aromatic carbocycles. The summed E-state index contributed by atoms with van der Waals surface area (Å²) in [7, 11) is 0. The van der Waals surface area contributed by atoms with Gasteiger partial charge < -0.3 is 20.3 Å². The van der Waals surface area contributed by atoms with E-state index in [-0.39, 0.29) is 18.5 Å². The summed E-state index contributed by atoms with van der Waals surface area (Å²) in [5, 5.41) is 23.1. The van der Waals surface area contributed by atoms with E-state index < -0.39 is 12.1 Å². The standard InChI is InChI=1S/C59H115NO5/c1-3-5-7-9-11-13-32-37-41-45-49-53-59(64)65-54-50-46-42-38-34-31-29-27-25-23-21-19-17-15-14-16-18-20-22-24-26-28-30-33-36-40-44-48-52-58(63)60-56(55-61)57(62)51-47-43-39-35-12-10-8-6-4-2/h14-15,56-57,61-62H,3-13,16-55H2,1-2H3,(H,60,63)/b15-14-. The lowest BCUT2D eigenvalue weighted by Gasteiger charge is -2.22. The first kappa shape index (κ1) is 63.6. The van der Waals surface area contributed by atoms with E-state index in [1.54, 1.807) is 0 Å². The smallest absolute Gasteiger partial charge is 0.305 e. The molecule has 6 nitrogen and oxygen atoms in total. The Labute approximate surface area is 406 Å². The number of allylic oxidation sites excluding steroid dienone is 2. The number of carbonyl (C=O) groups excluding carboxylic acids is 2. The molecule has 386 valence electrons. The van der Waals surface area contributed by atoms with Gasteiger partial charge in [0.25, 0.3) is 0 Å². The molecule has 0 aliphatic carbocycles. The normalized spacial score (nSPS) is 12.6. The van der Waals surface area contributed by atoms with Crippen LogP contribution in [0.1, 0.15) is 328 Å². The Bertz CT molecular complexity index is 970. The molecule has 0 heterocycles. The molecular weight excluding hydrogens is 803 g/mol. The van der Waals surface area contributed by atoms with Crippen molar-refractivity contribution in [2.45, 2.75) is 341 Å². The quantitative estimate of drug-likeness (QED) is 0.0321. The van der Waals surface area contributed by atoms with Crippen LogP contribution >= 0.6 is 0 Å². The summed E-state index contributed by atoms with van der Waals surface area (Å²) in [6.07, 6.45) is 65.2. The van der Waals surface area contributed by atoms with Crippen molar-refractivity contribution in [2.75, 3.05) is 13.2 Å². The van der Waals surface area contributed by atoms with Crippen molar-refractivity contribution in [1.82, 2.24) is 5.32 Å². The van der Waals surface area contributed by atoms with Crippen LogP contribution in [0.4, 0.5) is 0 Å². The maximum absolute atomic E-state index is 12.4. The third-order valence-corrected chi connectivity index (χ3v) is 13.8. The number of amides is 1. The predicted octanol–water partition coefficient (Wildman–Crippen LogP) is 18.1. The largest absolute Gasteiger partial charge is 0.466 e. The average molecular weight is 919 g/mol. The van der Waals surface area contributed by atoms with E-state index in [2.05, 4.69) is 31.3 Å². The molecule has 3 N–H and O–H groups in total. The minimum atomic E-state index is -0.661. The average Bonchev–Trinajstić information content (AvgIpc) is 3.31. The number of carbonyl (C=O) groups is 2. The second kappa shape index (κ2) is 55.2. The molecule has 0 saturated heterocycles. The first-order valence-electron chi connectivity index (χ1n) is 29.4. The van der Waals surface area contributed by atoms with Crippen LogP contribution in [0, 0.1) is 0 Å². The molecule has 0 aromatic heterocycles. The minimum Gasteiger partial charge on any atom is -0.466 e. The second-order valence-electron chi connectivity index (χ2n) is 20.3. The molecule has 2 atom stereocenters. The summed E-state index contributed by atoms with van der Waals surface area (Å²) in [6, 6.07) is -0.538. The monoisotopic (exact) mass is 918 g/mol. The second-order valence-corrected chi connectivity index (χ2v) is 20.3. The Hall–Kier alpha value is -1.40. The zero-order chi connectivity index (χ0) is 47.2. The third-order valence-electron chi connectivity index (χ3n) is 13.8. The van der Waals surface area contributed by atoms with Crippen molar-refractivity contribution < 1.29 is 24.5 Å². The Morgan fingerprint density at radius 2 is 0.723 bits per heavy atom. The van der Waals surface area contributed by atoms with Crippen molar-refractivity contribution in [1.29, 1.82) is 0 Å². The zero-order valence-electron chi connectivity index (χ0n) is 44.0. The van der Waals surface area contributed by atoms with E-state index in [9.17, 15) is 19.8 Å². The molecule has 0 aromatic rings. The molecule has 0 aliphatic rings. The van der Waals surface area contributed by atoms with Crippen molar-refractivity contribution in [3.05, 3.63) is 12.2 Å². The maximum Gasteiger partial charge on any atom is 0.305 e. The third kappa shape index (κ3) is 51.8. The summed E-state index contributed by atoms with van der Waals surface area (Å²) in [5.74, 6) is -0.0205. The maximum atomic E-state index is 12.4. The molecule has 0 rings (SSSR count). The highest BCUT2D eigenvalue weighted by Crippen LogP contribution is 2.17. The van der Waals surface area contributed by atoms with Crippen LogP contribution < -0.4 is 5.32 Å². The van der Waals surface area contributed by atoms with Gasteiger partial charge in [0.1, 0.15) is 0 Å². The SMILES string of the molecule is CCCCCCCCCCCCCC(=O)OCCCCCCCCCCCCCC/C=C\CCCCCCCCCCCCCCC(=O)NC(CO)C(O)CCCCCCCCCCC. The van der Waals surface area contributed by atoms with Crippen LogP contribution in [-0.2, 0) is 14.3 Å². The summed E-state index contributed by atoms with van der Waals surface area (Å²) in [4.78, 5) is 24.4. The first-order valence-corrected chi connectivity index (χ1v) is 29.4. The summed E-state index contributed by atoms with van der Waals surface area (Å²) < 4.78 is 5.46. The number of ether oxygens (including phenoxy) is 1. The van der Waals surface area contributed by atoms with Gasteiger partial charge in [0.05, 0.1) is 25.4 Å². The highest BCUT2D eigenvalue weighted by Gasteiger charge is 2.20. The van der Waals surface area contributed by atoms with Gasteiger partial charge in [-0.25, -0.2) is 0 Å². The molecular formula is C59H115NO5. The summed E-state index contributed by atoms with van der Waals surface area (Å²) >= 11 is 0. The highest BCUT2D eigenvalue weighted by molar-refractivity contribution is 5.76. The van der Waals surface area contributed by atoms with E-state index >= 15 is 0 Å². The van der Waals surface area contributed by atoms with Gasteiger partial charge in [-0.3, -0.25) is 9.59 Å². The van der Waals surface area contributed by atoms with Gasteiger partial charge in [-0.1, -0.05) is 276 Å². The van der Waals surface area contributed by atoms with Gasteiger partial charge in [-0.15, -0.1) is 0 Å².